The lowest BCUT2D eigenvalue weighted by atomic mass is 10.0. The van der Waals surface area contributed by atoms with Crippen LogP contribution >= 0.6 is 0 Å². The molecule has 0 unspecified atom stereocenters. The van der Waals surface area contributed by atoms with Gasteiger partial charge in [0.15, 0.2) is 6.29 Å². The molecule has 0 amide bonds. The molecule has 0 aromatic heterocycles. The van der Waals surface area contributed by atoms with Crippen molar-refractivity contribution in [1.82, 2.24) is 0 Å². The molecule has 2 atom stereocenters. The highest BCUT2D eigenvalue weighted by Gasteiger charge is 2.17. The SMILES string of the molecule is CO[C@@H](C=O)[C@H](N)c1ccccc1. The molecule has 1 aromatic carbocycles. The lowest BCUT2D eigenvalue weighted by Gasteiger charge is -2.17. The van der Waals surface area contributed by atoms with Crippen molar-refractivity contribution < 1.29 is 9.53 Å². The number of nitrogens with two attached hydrogens (primary N) is 1. The first-order chi connectivity index (χ1) is 6.29. The zero-order valence-electron chi connectivity index (χ0n) is 7.51. The van der Waals surface area contributed by atoms with Gasteiger partial charge in [-0.05, 0) is 5.56 Å². The summed E-state index contributed by atoms with van der Waals surface area (Å²) in [7, 11) is 1.47. The van der Waals surface area contributed by atoms with Gasteiger partial charge in [-0.15, -0.1) is 0 Å². The van der Waals surface area contributed by atoms with Crippen LogP contribution in [0, 0.1) is 0 Å². The Balaban J connectivity index is 2.77. The van der Waals surface area contributed by atoms with E-state index >= 15 is 0 Å². The van der Waals surface area contributed by atoms with E-state index in [9.17, 15) is 4.79 Å². The first-order valence-corrected chi connectivity index (χ1v) is 4.08. The zero-order chi connectivity index (χ0) is 9.68. The summed E-state index contributed by atoms with van der Waals surface area (Å²) in [6, 6.07) is 9.03. The highest BCUT2D eigenvalue weighted by Crippen LogP contribution is 2.14. The van der Waals surface area contributed by atoms with Crippen molar-refractivity contribution in [2.24, 2.45) is 5.73 Å². The van der Waals surface area contributed by atoms with Crippen molar-refractivity contribution in [2.75, 3.05) is 7.11 Å². The van der Waals surface area contributed by atoms with Gasteiger partial charge in [0.05, 0.1) is 6.04 Å². The predicted molar refractivity (Wildman–Crippen MR) is 50.2 cm³/mol. The van der Waals surface area contributed by atoms with Crippen LogP contribution in [-0.2, 0) is 9.53 Å². The molecule has 1 rings (SSSR count). The smallest absolute Gasteiger partial charge is 0.150 e. The maximum Gasteiger partial charge on any atom is 0.150 e. The average Bonchev–Trinajstić information content (AvgIpc) is 2.21. The van der Waals surface area contributed by atoms with Gasteiger partial charge in [-0.25, -0.2) is 0 Å². The summed E-state index contributed by atoms with van der Waals surface area (Å²) in [4.78, 5) is 10.5. The van der Waals surface area contributed by atoms with Crippen LogP contribution in [0.2, 0.25) is 0 Å². The van der Waals surface area contributed by atoms with E-state index in [1.807, 2.05) is 30.3 Å². The topological polar surface area (TPSA) is 52.3 Å². The summed E-state index contributed by atoms with van der Waals surface area (Å²) in [5.41, 5.74) is 6.71. The zero-order valence-corrected chi connectivity index (χ0v) is 7.51. The Morgan fingerprint density at radius 2 is 2.00 bits per heavy atom. The second-order valence-electron chi connectivity index (χ2n) is 2.77. The van der Waals surface area contributed by atoms with Crippen molar-refractivity contribution >= 4 is 6.29 Å². The predicted octanol–water partition coefficient (Wildman–Crippen LogP) is 0.900. The van der Waals surface area contributed by atoms with Crippen molar-refractivity contribution in [1.29, 1.82) is 0 Å². The molecule has 0 saturated carbocycles. The second kappa shape index (κ2) is 4.74. The molecular formula is C10H13NO2. The normalized spacial score (nSPS) is 14.9. The first-order valence-electron chi connectivity index (χ1n) is 4.08. The van der Waals surface area contributed by atoms with Crippen molar-refractivity contribution in [3.8, 4) is 0 Å². The fourth-order valence-electron chi connectivity index (χ4n) is 1.15. The van der Waals surface area contributed by atoms with E-state index in [-0.39, 0.29) is 6.04 Å². The lowest BCUT2D eigenvalue weighted by molar-refractivity contribution is -0.117. The molecule has 0 spiro atoms. The number of ether oxygens (including phenoxy) is 1. The summed E-state index contributed by atoms with van der Waals surface area (Å²) in [6.45, 7) is 0. The van der Waals surface area contributed by atoms with Crippen LogP contribution in [0.1, 0.15) is 11.6 Å². The van der Waals surface area contributed by atoms with E-state index in [1.165, 1.54) is 7.11 Å². The van der Waals surface area contributed by atoms with Crippen LogP contribution < -0.4 is 5.73 Å². The Morgan fingerprint density at radius 1 is 1.38 bits per heavy atom. The Kier molecular flexibility index (Phi) is 3.61. The van der Waals surface area contributed by atoms with Gasteiger partial charge < -0.3 is 15.3 Å². The minimum absolute atomic E-state index is 0.385. The Hall–Kier alpha value is -1.19. The molecule has 0 fully saturated rings. The number of carbonyl (C=O) groups is 1. The largest absolute Gasteiger partial charge is 0.372 e. The molecule has 1 aromatic rings. The second-order valence-corrected chi connectivity index (χ2v) is 2.77. The van der Waals surface area contributed by atoms with Crippen LogP contribution in [0.5, 0.6) is 0 Å². The van der Waals surface area contributed by atoms with Crippen LogP contribution in [0.4, 0.5) is 0 Å². The fourth-order valence-corrected chi connectivity index (χ4v) is 1.15. The molecule has 3 heteroatoms. The summed E-state index contributed by atoms with van der Waals surface area (Å²) < 4.78 is 4.92. The lowest BCUT2D eigenvalue weighted by Crippen LogP contribution is -2.29. The third-order valence-corrected chi connectivity index (χ3v) is 1.94. The van der Waals surface area contributed by atoms with Gasteiger partial charge in [-0.1, -0.05) is 30.3 Å². The summed E-state index contributed by atoms with van der Waals surface area (Å²) >= 11 is 0. The number of rotatable bonds is 4. The Bertz CT molecular complexity index is 261. The van der Waals surface area contributed by atoms with Crippen molar-refractivity contribution in [2.45, 2.75) is 12.1 Å². The number of hydrogen-bond acceptors (Lipinski definition) is 3. The molecule has 0 saturated heterocycles. The van der Waals surface area contributed by atoms with Crippen LogP contribution in [0.25, 0.3) is 0 Å². The van der Waals surface area contributed by atoms with E-state index in [2.05, 4.69) is 0 Å². The quantitative estimate of drug-likeness (QED) is 0.699. The van der Waals surface area contributed by atoms with Crippen LogP contribution in [0.15, 0.2) is 30.3 Å². The number of hydrogen-bond donors (Lipinski definition) is 1. The number of methoxy groups -OCH3 is 1. The maximum absolute atomic E-state index is 10.5. The van der Waals surface area contributed by atoms with E-state index in [0.29, 0.717) is 0 Å². The van der Waals surface area contributed by atoms with Gasteiger partial charge >= 0.3 is 0 Å². The Labute approximate surface area is 77.5 Å². The van der Waals surface area contributed by atoms with E-state index in [0.717, 1.165) is 11.8 Å². The van der Waals surface area contributed by atoms with Gasteiger partial charge in [-0.2, -0.15) is 0 Å². The van der Waals surface area contributed by atoms with Gasteiger partial charge in [0.1, 0.15) is 6.10 Å². The van der Waals surface area contributed by atoms with Gasteiger partial charge in [0.2, 0.25) is 0 Å². The summed E-state index contributed by atoms with van der Waals surface area (Å²) in [5, 5.41) is 0. The standard InChI is InChI=1S/C10H13NO2/c1-13-9(7-12)10(11)8-5-3-2-4-6-8/h2-7,9-10H,11H2,1H3/t9-,10+/m0/s1. The average molecular weight is 179 g/mol. The highest BCUT2D eigenvalue weighted by atomic mass is 16.5. The fraction of sp³-hybridized carbons (Fsp3) is 0.300. The molecule has 0 bridgehead atoms. The van der Waals surface area contributed by atoms with E-state index < -0.39 is 6.10 Å². The number of benzene rings is 1. The van der Waals surface area contributed by atoms with Gasteiger partial charge in [-0.3, -0.25) is 0 Å². The van der Waals surface area contributed by atoms with E-state index in [4.69, 9.17) is 10.5 Å². The van der Waals surface area contributed by atoms with Gasteiger partial charge in [0.25, 0.3) is 0 Å². The van der Waals surface area contributed by atoms with Crippen molar-refractivity contribution in [3.63, 3.8) is 0 Å². The molecule has 0 heterocycles. The Morgan fingerprint density at radius 3 is 2.46 bits per heavy atom. The highest BCUT2D eigenvalue weighted by molar-refractivity contribution is 5.58. The molecule has 0 radical (unpaired) electrons. The number of aldehydes is 1. The van der Waals surface area contributed by atoms with E-state index in [1.54, 1.807) is 0 Å². The molecular weight excluding hydrogens is 166 g/mol. The van der Waals surface area contributed by atoms with Gasteiger partial charge in [0, 0.05) is 7.11 Å². The first kappa shape index (κ1) is 9.89. The molecule has 3 nitrogen and oxygen atoms in total. The molecule has 0 aliphatic carbocycles. The molecule has 2 N–H and O–H groups in total. The summed E-state index contributed by atoms with van der Waals surface area (Å²) in [6.07, 6.45) is 0.153. The minimum Gasteiger partial charge on any atom is -0.372 e. The molecule has 13 heavy (non-hydrogen) atoms. The minimum atomic E-state index is -0.567. The molecule has 0 aliphatic rings. The van der Waals surface area contributed by atoms with Crippen LogP contribution in [-0.4, -0.2) is 19.5 Å². The maximum atomic E-state index is 10.5. The number of carbonyl (C=O) groups excluding carboxylic acids is 1. The molecule has 0 aliphatic heterocycles. The monoisotopic (exact) mass is 179 g/mol. The molecule has 70 valence electrons. The summed E-state index contributed by atoms with van der Waals surface area (Å²) in [5.74, 6) is 0. The van der Waals surface area contributed by atoms with Crippen LogP contribution in [0.3, 0.4) is 0 Å². The third kappa shape index (κ3) is 2.37. The van der Waals surface area contributed by atoms with Crippen molar-refractivity contribution in [3.05, 3.63) is 35.9 Å². The third-order valence-electron chi connectivity index (χ3n) is 1.94.